The molecule has 4 rings (SSSR count). The zero-order chi connectivity index (χ0) is 24.0. The monoisotopic (exact) mass is 460 g/mol. The van der Waals surface area contributed by atoms with Gasteiger partial charge in [-0.3, -0.25) is 4.68 Å². The Morgan fingerprint density at radius 1 is 1.03 bits per heavy atom. The summed E-state index contributed by atoms with van der Waals surface area (Å²) in [5, 5.41) is 34.2. The Labute approximate surface area is 190 Å². The maximum Gasteiger partial charge on any atom is 0.425 e. The first-order chi connectivity index (χ1) is 15.5. The molecule has 8 heteroatoms. The largest absolute Gasteiger partial charge is 0.425 e. The van der Waals surface area contributed by atoms with Gasteiger partial charge in [-0.25, -0.2) is 0 Å². The van der Waals surface area contributed by atoms with Gasteiger partial charge in [0.25, 0.3) is 0 Å². The van der Waals surface area contributed by atoms with Gasteiger partial charge in [0.15, 0.2) is 0 Å². The number of alkyl halides is 3. The van der Waals surface area contributed by atoms with Crippen LogP contribution < -0.4 is 0 Å². The summed E-state index contributed by atoms with van der Waals surface area (Å²) in [6, 6.07) is 9.33. The molecule has 0 aliphatic heterocycles. The van der Waals surface area contributed by atoms with Crippen LogP contribution in [0.4, 0.5) is 13.2 Å². The maximum absolute atomic E-state index is 14.4. The normalized spacial score (nSPS) is 17.8. The number of hydrogen-bond donors (Lipinski definition) is 3. The van der Waals surface area contributed by atoms with Crippen molar-refractivity contribution in [2.75, 3.05) is 13.2 Å². The van der Waals surface area contributed by atoms with Crippen LogP contribution in [-0.2, 0) is 18.6 Å². The molecule has 0 radical (unpaired) electrons. The molecule has 0 fully saturated rings. The number of benzene rings is 2. The number of nitrogens with zero attached hydrogens (tertiary/aromatic N) is 2. The second-order valence-corrected chi connectivity index (χ2v) is 9.36. The molecule has 0 saturated carbocycles. The first kappa shape index (κ1) is 23.5. The molecule has 2 aromatic carbocycles. The van der Waals surface area contributed by atoms with Gasteiger partial charge < -0.3 is 15.3 Å². The lowest BCUT2D eigenvalue weighted by Gasteiger charge is -2.29. The first-order valence-corrected chi connectivity index (χ1v) is 10.8. The van der Waals surface area contributed by atoms with Crippen LogP contribution in [0.3, 0.4) is 0 Å². The molecule has 176 valence electrons. The molecule has 0 spiro atoms. The van der Waals surface area contributed by atoms with Gasteiger partial charge in [0.05, 0.1) is 19.3 Å². The van der Waals surface area contributed by atoms with Crippen LogP contribution >= 0.6 is 0 Å². The lowest BCUT2D eigenvalue weighted by atomic mass is 9.84. The van der Waals surface area contributed by atoms with Crippen LogP contribution in [0.5, 0.6) is 0 Å². The number of aliphatic hydroxyl groups excluding tert-OH is 2. The van der Waals surface area contributed by atoms with Crippen molar-refractivity contribution >= 4 is 0 Å². The second-order valence-electron chi connectivity index (χ2n) is 9.36. The van der Waals surface area contributed by atoms with Gasteiger partial charge >= 0.3 is 6.18 Å². The lowest BCUT2D eigenvalue weighted by molar-refractivity contribution is -0.246. The van der Waals surface area contributed by atoms with Crippen molar-refractivity contribution in [2.24, 2.45) is 5.41 Å². The van der Waals surface area contributed by atoms with Crippen molar-refractivity contribution in [3.8, 4) is 22.3 Å². The average Bonchev–Trinajstić information content (AvgIpc) is 3.34. The summed E-state index contributed by atoms with van der Waals surface area (Å²) < 4.78 is 44.7. The third kappa shape index (κ3) is 3.96. The summed E-state index contributed by atoms with van der Waals surface area (Å²) in [6.45, 7) is 3.88. The summed E-state index contributed by atoms with van der Waals surface area (Å²) in [5.41, 5.74) is -1.46. The zero-order valence-electron chi connectivity index (χ0n) is 18.5. The van der Waals surface area contributed by atoms with Crippen LogP contribution in [0.1, 0.15) is 37.0 Å². The summed E-state index contributed by atoms with van der Waals surface area (Å²) in [6.07, 6.45) is -0.692. The number of halogens is 3. The Morgan fingerprint density at radius 2 is 1.76 bits per heavy atom. The van der Waals surface area contributed by atoms with E-state index in [2.05, 4.69) is 5.10 Å². The fourth-order valence-corrected chi connectivity index (χ4v) is 4.41. The first-order valence-electron chi connectivity index (χ1n) is 10.8. The highest BCUT2D eigenvalue weighted by Crippen LogP contribution is 2.57. The molecule has 33 heavy (non-hydrogen) atoms. The van der Waals surface area contributed by atoms with Crippen molar-refractivity contribution in [3.63, 3.8) is 0 Å². The van der Waals surface area contributed by atoms with Crippen LogP contribution in [0.25, 0.3) is 22.3 Å². The molecule has 1 aromatic heterocycles. The Kier molecular flexibility index (Phi) is 5.88. The molecule has 1 atom stereocenters. The van der Waals surface area contributed by atoms with Crippen molar-refractivity contribution < 1.29 is 28.5 Å². The van der Waals surface area contributed by atoms with E-state index in [0.29, 0.717) is 40.7 Å². The summed E-state index contributed by atoms with van der Waals surface area (Å²) in [5.74, 6) is 0. The third-order valence-corrected chi connectivity index (χ3v) is 6.38. The number of aryl methyl sites for hydroxylation is 1. The topological polar surface area (TPSA) is 78.5 Å². The van der Waals surface area contributed by atoms with E-state index in [0.717, 1.165) is 0 Å². The predicted octanol–water partition coefficient (Wildman–Crippen LogP) is 4.27. The molecule has 5 nitrogen and oxygen atoms in total. The highest BCUT2D eigenvalue weighted by atomic mass is 19.4. The molecule has 0 saturated heterocycles. The predicted molar refractivity (Wildman–Crippen MR) is 118 cm³/mol. The molecule has 1 aliphatic rings. The Bertz CT molecular complexity index is 1170. The Balaban J connectivity index is 1.96. The number of fused-ring (bicyclic) bond motifs is 3. The molecule has 1 heterocycles. The van der Waals surface area contributed by atoms with E-state index in [9.17, 15) is 28.5 Å². The molecule has 0 bridgehead atoms. The molecule has 3 N–H and O–H groups in total. The Morgan fingerprint density at radius 3 is 2.42 bits per heavy atom. The second kappa shape index (κ2) is 8.27. The highest BCUT2D eigenvalue weighted by Gasteiger charge is 2.61. The molecule has 1 unspecified atom stereocenters. The Hall–Kier alpha value is -2.68. The molecule has 3 aromatic rings. The summed E-state index contributed by atoms with van der Waals surface area (Å²) in [7, 11) is 0. The van der Waals surface area contributed by atoms with Gasteiger partial charge in [0.2, 0.25) is 5.60 Å². The third-order valence-electron chi connectivity index (χ3n) is 6.38. The van der Waals surface area contributed by atoms with Gasteiger partial charge in [-0.2, -0.15) is 18.3 Å². The van der Waals surface area contributed by atoms with E-state index in [1.54, 1.807) is 24.5 Å². The van der Waals surface area contributed by atoms with Crippen molar-refractivity contribution in [3.05, 3.63) is 65.5 Å². The molecule has 1 aliphatic carbocycles. The smallest absolute Gasteiger partial charge is 0.396 e. The van der Waals surface area contributed by atoms with E-state index in [1.807, 2.05) is 19.9 Å². The van der Waals surface area contributed by atoms with E-state index in [1.165, 1.54) is 22.9 Å². The highest BCUT2D eigenvalue weighted by molar-refractivity contribution is 5.92. The standard InChI is InChI=1S/C25H27F3N2O3/c1-23(2,15-32)8-7-16-11-19(17-13-29-30(14-17)9-10-31)22-18-5-3-4-6-20(18)24(33,21(22)12-16)25(26,27)28/h3-6,11-14,31-33H,7-10,15H2,1-2H3. The number of rotatable bonds is 7. The van der Waals surface area contributed by atoms with Crippen LogP contribution in [0.2, 0.25) is 0 Å². The van der Waals surface area contributed by atoms with Crippen molar-refractivity contribution in [1.29, 1.82) is 0 Å². The molecular formula is C25H27F3N2O3. The number of aliphatic hydroxyl groups is 3. The molecule has 0 amide bonds. The zero-order valence-corrected chi connectivity index (χ0v) is 18.5. The fourth-order valence-electron chi connectivity index (χ4n) is 4.41. The van der Waals surface area contributed by atoms with Gasteiger partial charge in [0.1, 0.15) is 0 Å². The maximum atomic E-state index is 14.4. The number of aromatic nitrogens is 2. The van der Waals surface area contributed by atoms with Crippen molar-refractivity contribution in [1.82, 2.24) is 9.78 Å². The molecular weight excluding hydrogens is 433 g/mol. The minimum atomic E-state index is -4.92. The van der Waals surface area contributed by atoms with Crippen LogP contribution in [0, 0.1) is 5.41 Å². The van der Waals surface area contributed by atoms with E-state index in [4.69, 9.17) is 0 Å². The SMILES string of the molecule is CC(C)(CO)CCc1cc(-c2cnn(CCO)c2)c2c(c1)C(O)(C(F)(F)F)c1ccccc1-2. The van der Waals surface area contributed by atoms with E-state index < -0.39 is 17.2 Å². The van der Waals surface area contributed by atoms with Crippen molar-refractivity contribution in [2.45, 2.75) is 45.0 Å². The van der Waals surface area contributed by atoms with E-state index >= 15 is 0 Å². The summed E-state index contributed by atoms with van der Waals surface area (Å²) in [4.78, 5) is 0. The quantitative estimate of drug-likeness (QED) is 0.492. The summed E-state index contributed by atoms with van der Waals surface area (Å²) >= 11 is 0. The van der Waals surface area contributed by atoms with Gasteiger partial charge in [-0.15, -0.1) is 0 Å². The van der Waals surface area contributed by atoms with Crippen LogP contribution in [0.15, 0.2) is 48.8 Å². The minimum absolute atomic E-state index is 0.0450. The van der Waals surface area contributed by atoms with E-state index in [-0.39, 0.29) is 30.9 Å². The average molecular weight is 460 g/mol. The van der Waals surface area contributed by atoms with Gasteiger partial charge in [0, 0.05) is 29.5 Å². The van der Waals surface area contributed by atoms with Gasteiger partial charge in [-0.1, -0.05) is 50.2 Å². The fraction of sp³-hybridized carbons (Fsp3) is 0.400. The minimum Gasteiger partial charge on any atom is -0.396 e. The van der Waals surface area contributed by atoms with Gasteiger partial charge in [-0.05, 0) is 40.5 Å². The number of hydrogen-bond acceptors (Lipinski definition) is 4. The lowest BCUT2D eigenvalue weighted by Crippen LogP contribution is -2.41. The van der Waals surface area contributed by atoms with Crippen LogP contribution in [-0.4, -0.2) is 44.5 Å².